The number of pyridine rings is 8. The molecule has 3 fully saturated rings. The number of aryl methyl sites for hydroxylation is 4. The van der Waals surface area contributed by atoms with Gasteiger partial charge in [0.25, 0.3) is 0 Å². The summed E-state index contributed by atoms with van der Waals surface area (Å²) in [4.78, 5) is 126. The fourth-order valence-corrected chi connectivity index (χ4v) is 14.2. The van der Waals surface area contributed by atoms with Crippen LogP contribution in [0.3, 0.4) is 0 Å². The van der Waals surface area contributed by atoms with Gasteiger partial charge in [-0.15, -0.1) is 32.0 Å². The molecule has 0 aliphatic heterocycles. The van der Waals surface area contributed by atoms with Gasteiger partial charge >= 0.3 is 41.8 Å². The molecule has 122 heavy (non-hydrogen) atoms. The Morgan fingerprint density at radius 2 is 0.730 bits per heavy atom. The lowest BCUT2D eigenvalue weighted by molar-refractivity contribution is -0.149. The van der Waals surface area contributed by atoms with E-state index in [9.17, 15) is 55.9 Å². The van der Waals surface area contributed by atoms with Crippen LogP contribution >= 0.6 is 43.5 Å². The van der Waals surface area contributed by atoms with Gasteiger partial charge in [-0.2, -0.15) is 17.6 Å². The fourth-order valence-electron chi connectivity index (χ4n) is 12.7. The van der Waals surface area contributed by atoms with Gasteiger partial charge in [0.15, 0.2) is 10.4 Å². The normalized spacial score (nSPS) is 14.9. The number of hydrogen-bond acceptors (Lipinski definition) is 30. The third-order valence-corrected chi connectivity index (χ3v) is 20.4. The van der Waals surface area contributed by atoms with Crippen LogP contribution in [0.25, 0.3) is 34.2 Å². The quantitative estimate of drug-likeness (QED) is 0.0139. The molecule has 2 bridgehead atoms. The number of hydrogen-bond donors (Lipinski definition) is 1. The van der Waals surface area contributed by atoms with Crippen molar-refractivity contribution in [3.8, 4) is 34.2 Å². The van der Waals surface area contributed by atoms with Gasteiger partial charge in [0.2, 0.25) is 23.8 Å². The molecule has 12 aromatic rings. The maximum atomic E-state index is 13.9. The summed E-state index contributed by atoms with van der Waals surface area (Å²) in [5.41, 5.74) is 6.57. The topological polar surface area (TPSA) is 438 Å². The Labute approximate surface area is 713 Å². The first-order valence-corrected chi connectivity index (χ1v) is 38.6. The van der Waals surface area contributed by atoms with Crippen LogP contribution in [0.4, 0.5) is 17.6 Å². The number of carboxylic acids is 1. The van der Waals surface area contributed by atoms with Crippen LogP contribution in [-0.2, 0) is 101 Å². The van der Waals surface area contributed by atoms with Crippen LogP contribution in [0.15, 0.2) is 156 Å². The van der Waals surface area contributed by atoms with E-state index in [1.165, 1.54) is 125 Å². The SMILES string of the molecule is COC(=O)c1ccc(-c2nnn(C)c2CC(=O)O[C@H](C)c2cccnc2F)nc1.COC(=O)c1ccc(Br)nc1.C[C@@H](OC(=O)Cc1c(-c2ccc(C(=O)CC34CC(Cl)(C3)C4)cn2)nnn1C)c1cccnc1F.C[C@@H](OC(=O)Cc1c(-c2ccc(C(=O)O)cn2)nnn1C)c1cccnc1F.C[C@@H](OC(=O)Cc1c(Br)nnn1C)c1cccnc1F. The Kier molecular flexibility index (Phi) is 30.7. The Morgan fingerprint density at radius 3 is 1.01 bits per heavy atom. The van der Waals surface area contributed by atoms with Gasteiger partial charge < -0.3 is 33.5 Å². The highest BCUT2D eigenvalue weighted by Crippen LogP contribution is 2.72. The molecule has 0 spiro atoms. The second-order valence-corrected chi connectivity index (χ2v) is 29.8. The van der Waals surface area contributed by atoms with Gasteiger partial charge in [0.1, 0.15) is 46.1 Å². The summed E-state index contributed by atoms with van der Waals surface area (Å²) < 4.78 is 92.1. The third-order valence-electron chi connectivity index (χ3n) is 18.9. The number of halogens is 7. The molecule has 42 heteroatoms. The molecule has 12 aromatic heterocycles. The van der Waals surface area contributed by atoms with Crippen molar-refractivity contribution >= 4 is 91.0 Å². The number of Topliss-reactive ketones (excluding diaryl/α,β-unsaturated/α-hetero) is 1. The second-order valence-electron chi connectivity index (χ2n) is 27.5. The number of nitrogens with zero attached hydrogens (tertiary/aromatic N) is 20. The Hall–Kier alpha value is -13.3. The minimum absolute atomic E-state index is 0.00367. The molecule has 3 aliphatic rings. The van der Waals surface area contributed by atoms with Crippen LogP contribution in [0.5, 0.6) is 0 Å². The van der Waals surface area contributed by atoms with Gasteiger partial charge in [-0.1, -0.05) is 20.9 Å². The Bertz CT molecular complexity index is 5730. The van der Waals surface area contributed by atoms with E-state index >= 15 is 0 Å². The largest absolute Gasteiger partial charge is 0.478 e. The van der Waals surface area contributed by atoms with Crippen LogP contribution in [0.2, 0.25) is 0 Å². The predicted octanol–water partition coefficient (Wildman–Crippen LogP) is 11.6. The summed E-state index contributed by atoms with van der Waals surface area (Å²) in [6, 6.07) is 25.1. The minimum atomic E-state index is -1.10. The highest BCUT2D eigenvalue weighted by atomic mass is 79.9. The summed E-state index contributed by atoms with van der Waals surface area (Å²) >= 11 is 12.7. The molecule has 35 nitrogen and oxygen atoms in total. The minimum Gasteiger partial charge on any atom is -0.478 e. The molecule has 3 aliphatic carbocycles. The molecule has 634 valence electrons. The molecule has 4 atom stereocenters. The number of carbonyl (C=O) groups excluding carboxylic acids is 7. The first-order chi connectivity index (χ1) is 58.2. The van der Waals surface area contributed by atoms with E-state index in [2.05, 4.69) is 122 Å². The van der Waals surface area contributed by atoms with Crippen molar-refractivity contribution in [1.29, 1.82) is 0 Å². The number of alkyl halides is 1. The summed E-state index contributed by atoms with van der Waals surface area (Å²) in [7, 11) is 9.19. The maximum absolute atomic E-state index is 13.9. The zero-order valence-electron chi connectivity index (χ0n) is 66.6. The lowest BCUT2D eigenvalue weighted by Gasteiger charge is -2.67. The van der Waals surface area contributed by atoms with Gasteiger partial charge in [-0.3, -0.25) is 57.7 Å². The Morgan fingerprint density at radius 1 is 0.426 bits per heavy atom. The first kappa shape index (κ1) is 91.0. The van der Waals surface area contributed by atoms with Crippen molar-refractivity contribution in [3.05, 3.63) is 247 Å². The van der Waals surface area contributed by atoms with Crippen LogP contribution in [0.1, 0.15) is 164 Å². The first-order valence-electron chi connectivity index (χ1n) is 36.7. The molecular formula is C80H75Br2ClF4N20O15. The zero-order valence-corrected chi connectivity index (χ0v) is 70.5. The van der Waals surface area contributed by atoms with Crippen molar-refractivity contribution in [2.24, 2.45) is 33.6 Å². The number of ketones is 1. The van der Waals surface area contributed by atoms with E-state index in [0.717, 1.165) is 19.3 Å². The smallest absolute Gasteiger partial charge is 0.339 e. The van der Waals surface area contributed by atoms with E-state index < -0.39 is 84.0 Å². The van der Waals surface area contributed by atoms with E-state index in [0.29, 0.717) is 83.7 Å². The van der Waals surface area contributed by atoms with Crippen LogP contribution in [0, 0.1) is 29.2 Å². The van der Waals surface area contributed by atoms with Crippen molar-refractivity contribution in [2.75, 3.05) is 14.2 Å². The molecule has 0 aromatic carbocycles. The van der Waals surface area contributed by atoms with E-state index in [1.807, 2.05) is 0 Å². The molecule has 1 N–H and O–H groups in total. The number of methoxy groups -OCH3 is 2. The Balaban J connectivity index is 0.000000165. The average Bonchev–Trinajstić information content (AvgIpc) is 0.784. The summed E-state index contributed by atoms with van der Waals surface area (Å²) in [6.45, 7) is 6.28. The van der Waals surface area contributed by atoms with Crippen molar-refractivity contribution in [1.82, 2.24) is 99.8 Å². The molecule has 3 saturated carbocycles. The van der Waals surface area contributed by atoms with Crippen molar-refractivity contribution in [2.45, 2.75) is 108 Å². The third kappa shape index (κ3) is 23.4. The van der Waals surface area contributed by atoms with Crippen molar-refractivity contribution < 1.29 is 89.4 Å². The number of ether oxygens (including phenoxy) is 6. The molecule has 0 amide bonds. The van der Waals surface area contributed by atoms with Gasteiger partial charge in [-0.05, 0) is 181 Å². The summed E-state index contributed by atoms with van der Waals surface area (Å²) in [6.07, 6.45) is 10.4. The molecule has 12 heterocycles. The maximum Gasteiger partial charge on any atom is 0.339 e. The highest BCUT2D eigenvalue weighted by Gasteiger charge is 2.67. The number of carboxylic acid groups (broad SMARTS) is 1. The predicted molar refractivity (Wildman–Crippen MR) is 426 cm³/mol. The summed E-state index contributed by atoms with van der Waals surface area (Å²) in [5, 5.41) is 40.5. The molecular weight excluding hydrogens is 1750 g/mol. The van der Waals surface area contributed by atoms with Gasteiger partial charge in [0.05, 0.1) is 96.5 Å². The second kappa shape index (κ2) is 41.1. The van der Waals surface area contributed by atoms with Gasteiger partial charge in [-0.25, -0.2) is 39.3 Å². The van der Waals surface area contributed by atoms with Crippen LogP contribution in [-0.4, -0.2) is 172 Å². The summed E-state index contributed by atoms with van der Waals surface area (Å²) in [5.74, 6) is -6.89. The molecule has 0 radical (unpaired) electrons. The zero-order chi connectivity index (χ0) is 88.3. The lowest BCUT2D eigenvalue weighted by Crippen LogP contribution is -2.64. The number of esters is 6. The average molecular weight is 1830 g/mol. The number of rotatable bonds is 25. The fraction of sp³-hybridized carbons (Fsp3) is 0.300. The molecule has 15 rings (SSSR count). The monoisotopic (exact) mass is 1820 g/mol. The number of carbonyl (C=O) groups is 8. The number of aromatic carboxylic acids is 1. The number of aromatic nitrogens is 20. The highest BCUT2D eigenvalue weighted by molar-refractivity contribution is 9.10. The van der Waals surface area contributed by atoms with Crippen LogP contribution < -0.4 is 0 Å². The van der Waals surface area contributed by atoms with E-state index in [1.54, 1.807) is 110 Å². The standard InChI is InChI=1S/C24H23ClFN5O3.C19H18FN5O4.C18H16FN5O4.C12H12BrFN4O2.C7H6BrNO2/c1-14(16-4-3-7-27-22(16)26)34-20(33)8-18-21(29-30-31(18)2)17-6-5-15(10-28-17)19(32)9-23-11-24(25,12-23)13-23;1-11(13-5-4-8-21-18(13)20)29-16(26)9-15-17(23-24-25(15)2)14-7-6-12(10-22-14)19(27)28-3;1-10(12-4-3-7-20-17(12)19)28-15(25)8-14-16(22-23-24(14)2)13-6-5-11(9-21-13)18(26)27;1-7(8-4-3-5-15-12(8)14)20-10(19)6-9-11(13)16-17-18(9)2;1-11-7(10)5-2-3-6(8)9-4-5/h3-7,10,14H,8-9,11-13H2,1-2H3;4-8,10-11H,9H2,1-3H3;3-7,9-10H,8H2,1-2H3,(H,26,27);3-5,7H,6H2,1-2H3;2-4H,1H3/t14-,23?,24?;11-;10-;7-;/m1111./s1. The van der Waals surface area contributed by atoms with E-state index in [-0.39, 0.29) is 81.1 Å². The van der Waals surface area contributed by atoms with Gasteiger partial charge in [0, 0.05) is 117 Å². The van der Waals surface area contributed by atoms with E-state index in [4.69, 9.17) is 35.7 Å². The lowest BCUT2D eigenvalue weighted by atomic mass is 9.42. The van der Waals surface area contributed by atoms with Crippen molar-refractivity contribution in [3.63, 3.8) is 0 Å². The molecule has 0 saturated heterocycles. The molecule has 0 unspecified atom stereocenters.